The second kappa shape index (κ2) is 9.41. The Balaban J connectivity index is 1.28. The van der Waals surface area contributed by atoms with Gasteiger partial charge in [0.1, 0.15) is 12.0 Å². The van der Waals surface area contributed by atoms with Crippen LogP contribution in [0.25, 0.3) is 0 Å². The number of para-hydroxylation sites is 2. The number of hydrogen-bond acceptors (Lipinski definition) is 7. The van der Waals surface area contributed by atoms with Crippen LogP contribution in [0.15, 0.2) is 59.5 Å². The standard InChI is InChI=1S/C22H25N5O3/c1-29-20-7-3-2-6-19(20)27-11-9-26(10-12-27)15-21-25-18(16-30-21)22(28)24-14-17-5-4-8-23-13-17/h2-8,13,16H,9-12,14-15H2,1H3,(H,24,28). The van der Waals surface area contributed by atoms with Crippen molar-refractivity contribution in [1.29, 1.82) is 0 Å². The molecule has 1 saturated heterocycles. The summed E-state index contributed by atoms with van der Waals surface area (Å²) in [6, 6.07) is 11.8. The fraction of sp³-hybridized carbons (Fsp3) is 0.318. The Bertz CT molecular complexity index is 968. The topological polar surface area (TPSA) is 83.7 Å². The van der Waals surface area contributed by atoms with Crippen LogP contribution in [0.3, 0.4) is 0 Å². The number of methoxy groups -OCH3 is 1. The monoisotopic (exact) mass is 407 g/mol. The molecule has 1 aliphatic rings. The summed E-state index contributed by atoms with van der Waals surface area (Å²) in [5, 5.41) is 2.83. The molecule has 0 atom stereocenters. The second-order valence-electron chi connectivity index (χ2n) is 7.11. The lowest BCUT2D eigenvalue weighted by Crippen LogP contribution is -2.46. The van der Waals surface area contributed by atoms with E-state index in [0.717, 1.165) is 43.2 Å². The molecule has 1 fully saturated rings. The van der Waals surface area contributed by atoms with Crippen molar-refractivity contribution in [1.82, 2.24) is 20.2 Å². The summed E-state index contributed by atoms with van der Waals surface area (Å²) >= 11 is 0. The highest BCUT2D eigenvalue weighted by molar-refractivity contribution is 5.91. The normalized spacial score (nSPS) is 14.5. The fourth-order valence-electron chi connectivity index (χ4n) is 3.49. The van der Waals surface area contributed by atoms with Gasteiger partial charge in [0.05, 0.1) is 19.3 Å². The van der Waals surface area contributed by atoms with Crippen LogP contribution in [0, 0.1) is 0 Å². The van der Waals surface area contributed by atoms with Gasteiger partial charge in [-0.05, 0) is 23.8 Å². The van der Waals surface area contributed by atoms with Gasteiger partial charge in [0, 0.05) is 45.1 Å². The second-order valence-corrected chi connectivity index (χ2v) is 7.11. The molecule has 3 aromatic rings. The van der Waals surface area contributed by atoms with Gasteiger partial charge < -0.3 is 19.4 Å². The number of ether oxygens (including phenoxy) is 1. The van der Waals surface area contributed by atoms with Gasteiger partial charge in [0.2, 0.25) is 5.89 Å². The molecule has 1 N–H and O–H groups in total. The summed E-state index contributed by atoms with van der Waals surface area (Å²) in [5.41, 5.74) is 2.34. The molecule has 4 rings (SSSR count). The van der Waals surface area contributed by atoms with Crippen LogP contribution in [0.5, 0.6) is 5.75 Å². The van der Waals surface area contributed by atoms with E-state index >= 15 is 0 Å². The molecule has 1 aromatic carbocycles. The zero-order chi connectivity index (χ0) is 20.8. The number of nitrogens with one attached hydrogen (secondary N) is 1. The first-order chi connectivity index (χ1) is 14.7. The number of carbonyl (C=O) groups excluding carboxylic acids is 1. The lowest BCUT2D eigenvalue weighted by Gasteiger charge is -2.36. The van der Waals surface area contributed by atoms with Crippen molar-refractivity contribution in [3.63, 3.8) is 0 Å². The van der Waals surface area contributed by atoms with E-state index in [-0.39, 0.29) is 5.91 Å². The Labute approximate surface area is 175 Å². The molecule has 156 valence electrons. The summed E-state index contributed by atoms with van der Waals surface area (Å²) in [4.78, 5) is 25.3. The molecule has 0 saturated carbocycles. The number of hydrogen-bond donors (Lipinski definition) is 1. The minimum atomic E-state index is -0.255. The van der Waals surface area contributed by atoms with Crippen molar-refractivity contribution in [3.8, 4) is 5.75 Å². The molecule has 0 bridgehead atoms. The van der Waals surface area contributed by atoms with Crippen LogP contribution in [0.1, 0.15) is 21.9 Å². The fourth-order valence-corrected chi connectivity index (χ4v) is 3.49. The molecular weight excluding hydrogens is 382 g/mol. The molecule has 30 heavy (non-hydrogen) atoms. The molecular formula is C22H25N5O3. The average Bonchev–Trinajstić information content (AvgIpc) is 3.27. The van der Waals surface area contributed by atoms with E-state index in [1.165, 1.54) is 6.26 Å². The molecule has 3 heterocycles. The van der Waals surface area contributed by atoms with Crippen LogP contribution < -0.4 is 15.0 Å². The van der Waals surface area contributed by atoms with Gasteiger partial charge in [-0.25, -0.2) is 4.98 Å². The van der Waals surface area contributed by atoms with Gasteiger partial charge in [-0.3, -0.25) is 14.7 Å². The molecule has 8 heteroatoms. The third-order valence-corrected chi connectivity index (χ3v) is 5.12. The number of anilines is 1. The number of nitrogens with zero attached hydrogens (tertiary/aromatic N) is 4. The molecule has 1 amide bonds. The highest BCUT2D eigenvalue weighted by atomic mass is 16.5. The predicted octanol–water partition coefficient (Wildman–Crippen LogP) is 2.33. The predicted molar refractivity (Wildman–Crippen MR) is 112 cm³/mol. The first kappa shape index (κ1) is 19.9. The third kappa shape index (κ3) is 4.77. The first-order valence-corrected chi connectivity index (χ1v) is 9.95. The molecule has 0 unspecified atom stereocenters. The van der Waals surface area contributed by atoms with Gasteiger partial charge in [-0.2, -0.15) is 0 Å². The minimum Gasteiger partial charge on any atom is -0.495 e. The molecule has 0 aliphatic carbocycles. The number of benzene rings is 1. The van der Waals surface area contributed by atoms with E-state index in [1.54, 1.807) is 19.5 Å². The number of oxazole rings is 1. The van der Waals surface area contributed by atoms with E-state index in [2.05, 4.69) is 31.2 Å². The highest BCUT2D eigenvalue weighted by Gasteiger charge is 2.21. The quantitative estimate of drug-likeness (QED) is 0.643. The summed E-state index contributed by atoms with van der Waals surface area (Å²) in [6.45, 7) is 4.51. The third-order valence-electron chi connectivity index (χ3n) is 5.12. The Morgan fingerprint density at radius 1 is 1.17 bits per heavy atom. The average molecular weight is 407 g/mol. The van der Waals surface area contributed by atoms with Crippen molar-refractivity contribution in [2.24, 2.45) is 0 Å². The van der Waals surface area contributed by atoms with E-state index in [0.29, 0.717) is 24.7 Å². The van der Waals surface area contributed by atoms with Gasteiger partial charge in [0.25, 0.3) is 5.91 Å². The number of aromatic nitrogens is 2. The van der Waals surface area contributed by atoms with Crippen molar-refractivity contribution in [3.05, 3.63) is 72.2 Å². The number of amides is 1. The highest BCUT2D eigenvalue weighted by Crippen LogP contribution is 2.28. The zero-order valence-electron chi connectivity index (χ0n) is 17.0. The number of rotatable bonds is 7. The first-order valence-electron chi connectivity index (χ1n) is 9.95. The lowest BCUT2D eigenvalue weighted by atomic mass is 10.2. The maximum absolute atomic E-state index is 12.3. The van der Waals surface area contributed by atoms with Crippen LogP contribution in [-0.2, 0) is 13.1 Å². The number of pyridine rings is 1. The lowest BCUT2D eigenvalue weighted by molar-refractivity contribution is 0.0945. The summed E-state index contributed by atoms with van der Waals surface area (Å²) < 4.78 is 11.0. The van der Waals surface area contributed by atoms with E-state index in [1.807, 2.05) is 30.3 Å². The van der Waals surface area contributed by atoms with Gasteiger partial charge in [-0.1, -0.05) is 18.2 Å². The van der Waals surface area contributed by atoms with Crippen molar-refractivity contribution in [2.45, 2.75) is 13.1 Å². The molecule has 0 spiro atoms. The molecule has 2 aromatic heterocycles. The Morgan fingerprint density at radius 3 is 2.77 bits per heavy atom. The van der Waals surface area contributed by atoms with Crippen LogP contribution in [0.4, 0.5) is 5.69 Å². The smallest absolute Gasteiger partial charge is 0.273 e. The molecule has 0 radical (unpaired) electrons. The van der Waals surface area contributed by atoms with Gasteiger partial charge in [-0.15, -0.1) is 0 Å². The summed E-state index contributed by atoms with van der Waals surface area (Å²) in [5.74, 6) is 1.18. The molecule has 8 nitrogen and oxygen atoms in total. The van der Waals surface area contributed by atoms with Crippen molar-refractivity contribution >= 4 is 11.6 Å². The Morgan fingerprint density at radius 2 is 2.00 bits per heavy atom. The van der Waals surface area contributed by atoms with Gasteiger partial charge in [0.15, 0.2) is 5.69 Å². The summed E-state index contributed by atoms with van der Waals surface area (Å²) in [6.07, 6.45) is 4.84. The van der Waals surface area contributed by atoms with Gasteiger partial charge >= 0.3 is 0 Å². The van der Waals surface area contributed by atoms with E-state index in [9.17, 15) is 4.79 Å². The van der Waals surface area contributed by atoms with E-state index < -0.39 is 0 Å². The minimum absolute atomic E-state index is 0.255. The zero-order valence-corrected chi connectivity index (χ0v) is 17.0. The maximum atomic E-state index is 12.3. The van der Waals surface area contributed by atoms with Crippen molar-refractivity contribution in [2.75, 3.05) is 38.2 Å². The summed E-state index contributed by atoms with van der Waals surface area (Å²) in [7, 11) is 1.70. The molecule has 1 aliphatic heterocycles. The van der Waals surface area contributed by atoms with Crippen LogP contribution >= 0.6 is 0 Å². The Kier molecular flexibility index (Phi) is 6.24. The van der Waals surface area contributed by atoms with Crippen LogP contribution in [0.2, 0.25) is 0 Å². The van der Waals surface area contributed by atoms with Crippen LogP contribution in [-0.4, -0.2) is 54.1 Å². The maximum Gasteiger partial charge on any atom is 0.273 e. The van der Waals surface area contributed by atoms with E-state index in [4.69, 9.17) is 9.15 Å². The Hall–Kier alpha value is -3.39. The largest absolute Gasteiger partial charge is 0.495 e. The number of carbonyl (C=O) groups is 1. The van der Waals surface area contributed by atoms with Crippen molar-refractivity contribution < 1.29 is 13.9 Å². The SMILES string of the molecule is COc1ccccc1N1CCN(Cc2nc(C(=O)NCc3cccnc3)co2)CC1. The number of piperazine rings is 1.